The summed E-state index contributed by atoms with van der Waals surface area (Å²) in [6, 6.07) is 54.5. The van der Waals surface area contributed by atoms with Gasteiger partial charge in [0, 0.05) is 38.6 Å². The van der Waals surface area contributed by atoms with Crippen LogP contribution in [0, 0.1) is 6.92 Å². The van der Waals surface area contributed by atoms with E-state index in [4.69, 9.17) is 15.0 Å². The summed E-state index contributed by atoms with van der Waals surface area (Å²) in [5.41, 5.74) is 7.35. The van der Waals surface area contributed by atoms with Crippen molar-refractivity contribution in [3.05, 3.63) is 205 Å². The van der Waals surface area contributed by atoms with E-state index in [-0.39, 0.29) is 5.82 Å². The molecule has 0 unspecified atom stereocenters. The van der Waals surface area contributed by atoms with Gasteiger partial charge in [-0.3, -0.25) is 0 Å². The van der Waals surface area contributed by atoms with E-state index in [0.29, 0.717) is 45.2 Å². The molecular weight excluding hydrogens is 819 g/mol. The summed E-state index contributed by atoms with van der Waals surface area (Å²) >= 11 is 0. The van der Waals surface area contributed by atoms with Gasteiger partial charge in [0.25, 0.3) is 0 Å². The Morgan fingerprint density at radius 2 is 0.781 bits per heavy atom. The summed E-state index contributed by atoms with van der Waals surface area (Å²) in [4.78, 5) is 14.8. The third-order valence-corrected chi connectivity index (χ3v) is 11.4. The van der Waals surface area contributed by atoms with Crippen LogP contribution in [-0.2, 0) is 12.4 Å². The van der Waals surface area contributed by atoms with Gasteiger partial charge in [-0.05, 0) is 83.8 Å². The van der Waals surface area contributed by atoms with Crippen LogP contribution in [0.5, 0.6) is 0 Å². The van der Waals surface area contributed by atoms with Crippen molar-refractivity contribution in [2.24, 2.45) is 0 Å². The maximum atomic E-state index is 14.1. The van der Waals surface area contributed by atoms with Crippen LogP contribution in [0.25, 0.3) is 95.0 Å². The Hall–Kier alpha value is -7.85. The second kappa shape index (κ2) is 15.8. The molecule has 312 valence electrons. The van der Waals surface area contributed by atoms with Gasteiger partial charge in [0.2, 0.25) is 0 Å². The van der Waals surface area contributed by atoms with E-state index < -0.39 is 23.5 Å². The zero-order valence-corrected chi connectivity index (χ0v) is 34.0. The Morgan fingerprint density at radius 1 is 0.359 bits per heavy atom. The molecule has 0 saturated heterocycles. The Morgan fingerprint density at radius 3 is 1.28 bits per heavy atom. The first-order chi connectivity index (χ1) is 30.9. The molecule has 10 aromatic rings. The summed E-state index contributed by atoms with van der Waals surface area (Å²) in [7, 11) is 0. The van der Waals surface area contributed by atoms with Crippen molar-refractivity contribution >= 4 is 21.8 Å². The predicted octanol–water partition coefficient (Wildman–Crippen LogP) is 15.3. The van der Waals surface area contributed by atoms with Gasteiger partial charge >= 0.3 is 12.4 Å². The number of hydrogen-bond acceptors (Lipinski definition) is 3. The molecule has 0 aliphatic carbocycles. The third-order valence-electron chi connectivity index (χ3n) is 11.4. The Balaban J connectivity index is 1.31. The van der Waals surface area contributed by atoms with Crippen LogP contribution in [0.1, 0.15) is 16.7 Å². The Bertz CT molecular complexity index is 3190. The molecule has 10 rings (SSSR count). The van der Waals surface area contributed by atoms with Gasteiger partial charge < -0.3 is 4.57 Å². The smallest absolute Gasteiger partial charge is 0.308 e. The van der Waals surface area contributed by atoms with E-state index in [9.17, 15) is 26.3 Å². The number of fused-ring (bicyclic) bond motifs is 3. The molecule has 0 radical (unpaired) electrons. The average Bonchev–Trinajstić information content (AvgIpc) is 3.64. The highest BCUT2D eigenvalue weighted by Gasteiger charge is 2.32. The van der Waals surface area contributed by atoms with Gasteiger partial charge in [0.05, 0.1) is 27.8 Å². The molecule has 0 aliphatic rings. The fraction of sp³-hybridized carbons (Fsp3) is 0.0556. The summed E-state index contributed by atoms with van der Waals surface area (Å²) < 4.78 is 86.6. The van der Waals surface area contributed by atoms with Crippen LogP contribution in [0.3, 0.4) is 0 Å². The molecule has 0 atom stereocenters. The minimum Gasteiger partial charge on any atom is -0.308 e. The number of rotatable bonds is 7. The molecular formula is C54H34F6N4. The number of benzene rings is 8. The number of aromatic nitrogens is 4. The maximum Gasteiger partial charge on any atom is 0.416 e. The van der Waals surface area contributed by atoms with Gasteiger partial charge in [-0.2, -0.15) is 26.3 Å². The Kier molecular flexibility index (Phi) is 9.94. The van der Waals surface area contributed by atoms with Crippen LogP contribution in [-0.4, -0.2) is 19.5 Å². The molecule has 0 N–H and O–H groups in total. The largest absolute Gasteiger partial charge is 0.416 e. The standard InChI is InChI=1S/C54H34F6N4/c1-33-16-18-34(19-17-33)39-24-29-48-46(30-39)43-14-8-9-15-47(43)64(48)49-44(35-20-25-41(26-21-35)53(55,56)57)31-40(32-45(49)36-22-27-42(28-23-36)54(58,59)60)52-62-50(37-10-4-2-5-11-37)61-51(63-52)38-12-6-3-7-13-38/h2-32H,1H3. The lowest BCUT2D eigenvalue weighted by Crippen LogP contribution is -2.06. The minimum absolute atomic E-state index is 0.255. The third kappa shape index (κ3) is 7.57. The normalized spacial score (nSPS) is 12.0. The van der Waals surface area contributed by atoms with Gasteiger partial charge in [0.15, 0.2) is 17.5 Å². The second-order valence-corrected chi connectivity index (χ2v) is 15.6. The van der Waals surface area contributed by atoms with Crippen LogP contribution < -0.4 is 0 Å². The lowest BCUT2D eigenvalue weighted by atomic mass is 9.91. The number of nitrogens with zero attached hydrogens (tertiary/aromatic N) is 4. The molecule has 2 aromatic heterocycles. The van der Waals surface area contributed by atoms with Gasteiger partial charge in [-0.1, -0.05) is 139 Å². The van der Waals surface area contributed by atoms with Crippen LogP contribution in [0.2, 0.25) is 0 Å². The number of para-hydroxylation sites is 1. The fourth-order valence-corrected chi connectivity index (χ4v) is 8.20. The zero-order valence-electron chi connectivity index (χ0n) is 34.0. The van der Waals surface area contributed by atoms with Crippen molar-refractivity contribution < 1.29 is 26.3 Å². The zero-order chi connectivity index (χ0) is 44.2. The number of hydrogen-bond donors (Lipinski definition) is 0. The summed E-state index contributed by atoms with van der Waals surface area (Å²) in [5.74, 6) is 1.02. The van der Waals surface area contributed by atoms with E-state index >= 15 is 0 Å². The van der Waals surface area contributed by atoms with E-state index in [1.165, 1.54) is 24.3 Å². The number of alkyl halides is 6. The van der Waals surface area contributed by atoms with Crippen molar-refractivity contribution in [3.8, 4) is 73.2 Å². The van der Waals surface area contributed by atoms with Crippen molar-refractivity contribution in [1.29, 1.82) is 0 Å². The van der Waals surface area contributed by atoms with Crippen molar-refractivity contribution in [1.82, 2.24) is 19.5 Å². The minimum atomic E-state index is -4.59. The van der Waals surface area contributed by atoms with Gasteiger partial charge in [-0.15, -0.1) is 0 Å². The van der Waals surface area contributed by atoms with Crippen molar-refractivity contribution in [2.75, 3.05) is 0 Å². The van der Waals surface area contributed by atoms with Crippen LogP contribution >= 0.6 is 0 Å². The molecule has 0 fully saturated rings. The average molecular weight is 853 g/mol. The van der Waals surface area contributed by atoms with Crippen molar-refractivity contribution in [2.45, 2.75) is 19.3 Å². The molecule has 2 heterocycles. The molecule has 0 saturated carbocycles. The lowest BCUT2D eigenvalue weighted by Gasteiger charge is -2.21. The summed E-state index contributed by atoms with van der Waals surface area (Å²) in [5, 5.41) is 1.82. The topological polar surface area (TPSA) is 43.6 Å². The first kappa shape index (κ1) is 40.2. The first-order valence-corrected chi connectivity index (χ1v) is 20.4. The monoisotopic (exact) mass is 852 g/mol. The number of aryl methyl sites for hydroxylation is 1. The Labute approximate surface area is 363 Å². The highest BCUT2D eigenvalue weighted by molar-refractivity contribution is 6.12. The van der Waals surface area contributed by atoms with Gasteiger partial charge in [-0.25, -0.2) is 15.0 Å². The molecule has 0 bridgehead atoms. The first-order valence-electron chi connectivity index (χ1n) is 20.4. The van der Waals surface area contributed by atoms with E-state index in [0.717, 1.165) is 73.9 Å². The molecule has 0 aliphatic heterocycles. The van der Waals surface area contributed by atoms with E-state index in [1.807, 2.05) is 121 Å². The quantitative estimate of drug-likeness (QED) is 0.150. The molecule has 4 nitrogen and oxygen atoms in total. The maximum absolute atomic E-state index is 14.1. The fourth-order valence-electron chi connectivity index (χ4n) is 8.20. The second-order valence-electron chi connectivity index (χ2n) is 15.6. The molecule has 64 heavy (non-hydrogen) atoms. The predicted molar refractivity (Wildman–Crippen MR) is 242 cm³/mol. The molecule has 0 amide bonds. The molecule has 0 spiro atoms. The SMILES string of the molecule is Cc1ccc(-c2ccc3c(c2)c2ccccc2n3-c2c(-c3ccc(C(F)(F)F)cc3)cc(-c3nc(-c4ccccc4)nc(-c4ccccc4)n3)cc2-c2ccc(C(F)(F)F)cc2)cc1. The molecule has 8 aromatic carbocycles. The number of halogens is 6. The van der Waals surface area contributed by atoms with Gasteiger partial charge in [0.1, 0.15) is 0 Å². The lowest BCUT2D eigenvalue weighted by molar-refractivity contribution is -0.138. The molecule has 10 heteroatoms. The van der Waals surface area contributed by atoms with Crippen LogP contribution in [0.4, 0.5) is 26.3 Å². The van der Waals surface area contributed by atoms with Crippen molar-refractivity contribution in [3.63, 3.8) is 0 Å². The highest BCUT2D eigenvalue weighted by Crippen LogP contribution is 2.45. The summed E-state index contributed by atoms with van der Waals surface area (Å²) in [6.07, 6.45) is -9.19. The van der Waals surface area contributed by atoms with E-state index in [2.05, 4.69) is 30.3 Å². The highest BCUT2D eigenvalue weighted by atomic mass is 19.4. The van der Waals surface area contributed by atoms with Crippen LogP contribution in [0.15, 0.2) is 188 Å². The van der Waals surface area contributed by atoms with E-state index in [1.54, 1.807) is 0 Å². The summed E-state index contributed by atoms with van der Waals surface area (Å²) in [6.45, 7) is 2.03.